The smallest absolute Gasteiger partial charge is 0.228 e. The van der Waals surface area contributed by atoms with Crippen molar-refractivity contribution < 1.29 is 4.79 Å². The molecule has 1 saturated carbocycles. The van der Waals surface area contributed by atoms with E-state index in [9.17, 15) is 4.79 Å². The summed E-state index contributed by atoms with van der Waals surface area (Å²) in [7, 11) is 0. The van der Waals surface area contributed by atoms with Crippen molar-refractivity contribution in [3.8, 4) is 0 Å². The molecule has 1 amide bonds. The number of rotatable bonds is 3. The van der Waals surface area contributed by atoms with Crippen molar-refractivity contribution in [1.29, 1.82) is 0 Å². The fraction of sp³-hybridized carbons (Fsp3) is 0.357. The van der Waals surface area contributed by atoms with Crippen LogP contribution in [0.25, 0.3) is 11.0 Å². The highest BCUT2D eigenvalue weighted by atomic mass is 35.5. The van der Waals surface area contributed by atoms with E-state index >= 15 is 0 Å². The van der Waals surface area contributed by atoms with Gasteiger partial charge in [0, 0.05) is 5.92 Å². The average Bonchev–Trinajstić information content (AvgIpc) is 3.23. The zero-order chi connectivity index (χ0) is 13.4. The number of nitrogens with one attached hydrogen (secondary N) is 1. The van der Waals surface area contributed by atoms with E-state index < -0.39 is 0 Å². The van der Waals surface area contributed by atoms with Gasteiger partial charge >= 0.3 is 0 Å². The van der Waals surface area contributed by atoms with Gasteiger partial charge in [0.15, 0.2) is 11.0 Å². The second-order valence-corrected chi connectivity index (χ2v) is 5.33. The van der Waals surface area contributed by atoms with Crippen molar-refractivity contribution in [2.45, 2.75) is 19.8 Å². The minimum atomic E-state index is -0.0334. The van der Waals surface area contributed by atoms with Gasteiger partial charge in [-0.25, -0.2) is 9.97 Å². The number of benzene rings is 1. The molecule has 0 aliphatic heterocycles. The van der Waals surface area contributed by atoms with Crippen LogP contribution in [0.2, 0.25) is 5.15 Å². The van der Waals surface area contributed by atoms with Crippen LogP contribution in [0, 0.1) is 11.8 Å². The molecule has 0 spiro atoms. The van der Waals surface area contributed by atoms with Crippen molar-refractivity contribution in [2.24, 2.45) is 11.8 Å². The highest BCUT2D eigenvalue weighted by Crippen LogP contribution is 2.37. The highest BCUT2D eigenvalue weighted by Gasteiger charge is 2.33. The van der Waals surface area contributed by atoms with E-state index in [0.717, 1.165) is 23.9 Å². The third kappa shape index (κ3) is 2.54. The Labute approximate surface area is 116 Å². The number of carbonyl (C=O) groups excluding carboxylic acids is 1. The third-order valence-electron chi connectivity index (χ3n) is 3.51. The van der Waals surface area contributed by atoms with Crippen LogP contribution in [-0.4, -0.2) is 15.9 Å². The number of anilines is 1. The number of fused-ring (bicyclic) bond motifs is 1. The lowest BCUT2D eigenvalue weighted by atomic mass is 10.1. The van der Waals surface area contributed by atoms with Gasteiger partial charge in [-0.05, 0) is 30.9 Å². The Balaban J connectivity index is 1.87. The molecule has 1 atom stereocenters. The SMILES string of the molecule is CC(C(=O)Nc1nc2ccccc2nc1Cl)C1CC1. The zero-order valence-electron chi connectivity index (χ0n) is 10.6. The van der Waals surface area contributed by atoms with Crippen LogP contribution >= 0.6 is 11.6 Å². The molecule has 0 bridgehead atoms. The van der Waals surface area contributed by atoms with Crippen LogP contribution in [0.4, 0.5) is 5.82 Å². The minimum absolute atomic E-state index is 0.00402. The molecule has 5 heteroatoms. The molecule has 1 heterocycles. The maximum absolute atomic E-state index is 12.0. The van der Waals surface area contributed by atoms with Crippen LogP contribution in [0.5, 0.6) is 0 Å². The van der Waals surface area contributed by atoms with Gasteiger partial charge in [-0.3, -0.25) is 4.79 Å². The lowest BCUT2D eigenvalue weighted by Crippen LogP contribution is -2.22. The molecule has 1 N–H and O–H groups in total. The van der Waals surface area contributed by atoms with E-state index in [-0.39, 0.29) is 17.0 Å². The predicted octanol–water partition coefficient (Wildman–Crippen LogP) is 3.27. The number of carbonyl (C=O) groups is 1. The molecular formula is C14H14ClN3O. The van der Waals surface area contributed by atoms with Gasteiger partial charge in [-0.1, -0.05) is 30.7 Å². The van der Waals surface area contributed by atoms with E-state index in [1.54, 1.807) is 0 Å². The van der Waals surface area contributed by atoms with Crippen molar-refractivity contribution in [1.82, 2.24) is 9.97 Å². The Morgan fingerprint density at radius 3 is 2.58 bits per heavy atom. The molecule has 1 aromatic heterocycles. The molecule has 0 radical (unpaired) electrons. The normalized spacial score (nSPS) is 16.3. The molecule has 0 saturated heterocycles. The molecule has 1 fully saturated rings. The van der Waals surface area contributed by atoms with Crippen LogP contribution in [0.15, 0.2) is 24.3 Å². The zero-order valence-corrected chi connectivity index (χ0v) is 11.3. The third-order valence-corrected chi connectivity index (χ3v) is 3.78. The highest BCUT2D eigenvalue weighted by molar-refractivity contribution is 6.32. The van der Waals surface area contributed by atoms with Gasteiger partial charge < -0.3 is 5.32 Å². The summed E-state index contributed by atoms with van der Waals surface area (Å²) in [6.07, 6.45) is 2.26. The van der Waals surface area contributed by atoms with Gasteiger partial charge in [0.25, 0.3) is 0 Å². The number of nitrogens with zero attached hydrogens (tertiary/aromatic N) is 2. The monoisotopic (exact) mass is 275 g/mol. The van der Waals surface area contributed by atoms with E-state index in [2.05, 4.69) is 15.3 Å². The van der Waals surface area contributed by atoms with E-state index in [1.165, 1.54) is 0 Å². The molecule has 98 valence electrons. The van der Waals surface area contributed by atoms with Crippen molar-refractivity contribution in [3.63, 3.8) is 0 Å². The molecule has 19 heavy (non-hydrogen) atoms. The first-order valence-corrected chi connectivity index (χ1v) is 6.76. The largest absolute Gasteiger partial charge is 0.308 e. The topological polar surface area (TPSA) is 54.9 Å². The maximum Gasteiger partial charge on any atom is 0.228 e. The van der Waals surface area contributed by atoms with Gasteiger partial charge in [0.05, 0.1) is 11.0 Å². The van der Waals surface area contributed by atoms with Crippen molar-refractivity contribution in [3.05, 3.63) is 29.4 Å². The van der Waals surface area contributed by atoms with Gasteiger partial charge in [-0.2, -0.15) is 0 Å². The number of para-hydroxylation sites is 2. The Bertz CT molecular complexity index is 640. The van der Waals surface area contributed by atoms with Crippen molar-refractivity contribution >= 4 is 34.4 Å². The summed E-state index contributed by atoms with van der Waals surface area (Å²) in [5.41, 5.74) is 1.45. The summed E-state index contributed by atoms with van der Waals surface area (Å²) in [5.74, 6) is 0.823. The van der Waals surface area contributed by atoms with E-state index in [4.69, 9.17) is 11.6 Å². The maximum atomic E-state index is 12.0. The molecule has 1 aliphatic rings. The number of amides is 1. The van der Waals surface area contributed by atoms with E-state index in [1.807, 2.05) is 31.2 Å². The summed E-state index contributed by atoms with van der Waals surface area (Å²) in [6.45, 7) is 1.94. The fourth-order valence-electron chi connectivity index (χ4n) is 2.10. The second kappa shape index (κ2) is 4.78. The number of hydrogen-bond acceptors (Lipinski definition) is 3. The predicted molar refractivity (Wildman–Crippen MR) is 75.1 cm³/mol. The Hall–Kier alpha value is -1.68. The standard InChI is InChI=1S/C14H14ClN3O/c1-8(9-6-7-9)14(19)18-13-12(15)16-10-4-2-3-5-11(10)17-13/h2-5,8-9H,6-7H2,1H3,(H,17,18,19). The van der Waals surface area contributed by atoms with Crippen LogP contribution in [0.3, 0.4) is 0 Å². The first-order valence-electron chi connectivity index (χ1n) is 6.38. The number of aromatic nitrogens is 2. The lowest BCUT2D eigenvalue weighted by molar-refractivity contribution is -0.119. The Kier molecular flexibility index (Phi) is 3.11. The average molecular weight is 276 g/mol. The quantitative estimate of drug-likeness (QED) is 0.935. The summed E-state index contributed by atoms with van der Waals surface area (Å²) in [4.78, 5) is 20.6. The molecule has 3 rings (SSSR count). The first-order chi connectivity index (χ1) is 9.15. The molecule has 2 aromatic rings. The minimum Gasteiger partial charge on any atom is -0.308 e. The van der Waals surface area contributed by atoms with Crippen LogP contribution in [-0.2, 0) is 4.79 Å². The fourth-order valence-corrected chi connectivity index (χ4v) is 2.28. The summed E-state index contributed by atoms with van der Waals surface area (Å²) < 4.78 is 0. The number of halogens is 1. The molecule has 1 unspecified atom stereocenters. The lowest BCUT2D eigenvalue weighted by Gasteiger charge is -2.11. The Morgan fingerprint density at radius 1 is 1.32 bits per heavy atom. The first kappa shape index (κ1) is 12.4. The van der Waals surface area contributed by atoms with Gasteiger partial charge in [0.1, 0.15) is 0 Å². The van der Waals surface area contributed by atoms with Crippen LogP contribution < -0.4 is 5.32 Å². The van der Waals surface area contributed by atoms with Gasteiger partial charge in [0.2, 0.25) is 5.91 Å². The van der Waals surface area contributed by atoms with Gasteiger partial charge in [-0.15, -0.1) is 0 Å². The summed E-state index contributed by atoms with van der Waals surface area (Å²) in [6, 6.07) is 7.44. The second-order valence-electron chi connectivity index (χ2n) is 4.97. The van der Waals surface area contributed by atoms with Crippen LogP contribution in [0.1, 0.15) is 19.8 Å². The Morgan fingerprint density at radius 2 is 1.95 bits per heavy atom. The molecule has 4 nitrogen and oxygen atoms in total. The van der Waals surface area contributed by atoms with E-state index in [0.29, 0.717) is 11.7 Å². The summed E-state index contributed by atoms with van der Waals surface area (Å²) in [5, 5.41) is 3.01. The molecule has 1 aromatic carbocycles. The van der Waals surface area contributed by atoms with Crippen molar-refractivity contribution in [2.75, 3.05) is 5.32 Å². The number of hydrogen-bond donors (Lipinski definition) is 1. The molecule has 1 aliphatic carbocycles. The summed E-state index contributed by atoms with van der Waals surface area (Å²) >= 11 is 6.06. The molecular weight excluding hydrogens is 262 g/mol.